The van der Waals surface area contributed by atoms with E-state index in [1.165, 1.54) is 19.2 Å². The normalized spacial score (nSPS) is 11.1. The Morgan fingerprint density at radius 2 is 1.81 bits per heavy atom. The number of aryl methyl sites for hydroxylation is 1. The zero-order valence-corrected chi connectivity index (χ0v) is 17.1. The van der Waals surface area contributed by atoms with E-state index in [1.807, 2.05) is 0 Å². The SMILES string of the molecule is CCOC(=O)CN(c1ccc(Br)cc1)S(=O)(=O)c1ccc(OC)c(C)c1. The van der Waals surface area contributed by atoms with Gasteiger partial charge in [0.15, 0.2) is 0 Å². The second-order valence-corrected chi connectivity index (χ2v) is 8.20. The van der Waals surface area contributed by atoms with Crippen molar-refractivity contribution in [1.29, 1.82) is 0 Å². The smallest absolute Gasteiger partial charge is 0.326 e. The van der Waals surface area contributed by atoms with Crippen molar-refractivity contribution in [2.45, 2.75) is 18.7 Å². The molecule has 0 aliphatic heterocycles. The number of anilines is 1. The van der Waals surface area contributed by atoms with Crippen LogP contribution in [0.3, 0.4) is 0 Å². The highest BCUT2D eigenvalue weighted by Gasteiger charge is 2.28. The van der Waals surface area contributed by atoms with Crippen LogP contribution in [0, 0.1) is 6.92 Å². The summed E-state index contributed by atoms with van der Waals surface area (Å²) in [6.07, 6.45) is 0. The summed E-state index contributed by atoms with van der Waals surface area (Å²) in [4.78, 5) is 12.1. The van der Waals surface area contributed by atoms with E-state index in [1.54, 1.807) is 44.2 Å². The van der Waals surface area contributed by atoms with E-state index in [4.69, 9.17) is 9.47 Å². The molecule has 0 atom stereocenters. The largest absolute Gasteiger partial charge is 0.496 e. The number of methoxy groups -OCH3 is 1. The zero-order chi connectivity index (χ0) is 19.3. The molecule has 2 rings (SSSR count). The number of carbonyl (C=O) groups is 1. The Morgan fingerprint density at radius 3 is 2.35 bits per heavy atom. The highest BCUT2D eigenvalue weighted by molar-refractivity contribution is 9.10. The fourth-order valence-corrected chi connectivity index (χ4v) is 4.14. The van der Waals surface area contributed by atoms with Gasteiger partial charge < -0.3 is 9.47 Å². The molecule has 0 unspecified atom stereocenters. The summed E-state index contributed by atoms with van der Waals surface area (Å²) in [6, 6.07) is 11.2. The van der Waals surface area contributed by atoms with Crippen LogP contribution in [0.4, 0.5) is 5.69 Å². The molecule has 0 saturated carbocycles. The molecule has 26 heavy (non-hydrogen) atoms. The zero-order valence-electron chi connectivity index (χ0n) is 14.7. The highest BCUT2D eigenvalue weighted by Crippen LogP contribution is 2.28. The summed E-state index contributed by atoms with van der Waals surface area (Å²) >= 11 is 3.32. The van der Waals surface area contributed by atoms with Crippen molar-refractivity contribution in [2.24, 2.45) is 0 Å². The second-order valence-electron chi connectivity index (χ2n) is 5.42. The summed E-state index contributed by atoms with van der Waals surface area (Å²) in [5.74, 6) is -0.0336. The maximum absolute atomic E-state index is 13.2. The first-order valence-corrected chi connectivity index (χ1v) is 10.1. The third kappa shape index (κ3) is 4.56. The summed E-state index contributed by atoms with van der Waals surface area (Å²) in [6.45, 7) is 3.19. The van der Waals surface area contributed by atoms with Gasteiger partial charge in [-0.1, -0.05) is 15.9 Å². The molecule has 2 aromatic carbocycles. The van der Waals surface area contributed by atoms with E-state index >= 15 is 0 Å². The van der Waals surface area contributed by atoms with Gasteiger partial charge in [-0.2, -0.15) is 0 Å². The average molecular weight is 442 g/mol. The van der Waals surface area contributed by atoms with Crippen LogP contribution in [0.1, 0.15) is 12.5 Å². The topological polar surface area (TPSA) is 72.9 Å². The predicted molar refractivity (Wildman–Crippen MR) is 103 cm³/mol. The van der Waals surface area contributed by atoms with Gasteiger partial charge in [0.1, 0.15) is 12.3 Å². The lowest BCUT2D eigenvalue weighted by molar-refractivity contribution is -0.141. The molecule has 0 N–H and O–H groups in total. The van der Waals surface area contributed by atoms with Crippen LogP contribution in [0.2, 0.25) is 0 Å². The quantitative estimate of drug-likeness (QED) is 0.614. The van der Waals surface area contributed by atoms with Crippen molar-refractivity contribution in [2.75, 3.05) is 24.6 Å². The predicted octanol–water partition coefficient (Wildman–Crippen LogP) is 3.52. The number of rotatable bonds is 7. The van der Waals surface area contributed by atoms with Crippen LogP contribution < -0.4 is 9.04 Å². The summed E-state index contributed by atoms with van der Waals surface area (Å²) in [5.41, 5.74) is 1.05. The van der Waals surface area contributed by atoms with Crippen LogP contribution in [0.25, 0.3) is 0 Å². The molecular weight excluding hydrogens is 422 g/mol. The minimum absolute atomic E-state index is 0.0722. The average Bonchev–Trinajstić information content (AvgIpc) is 2.60. The molecule has 0 aliphatic carbocycles. The summed E-state index contributed by atoms with van der Waals surface area (Å²) in [5, 5.41) is 0. The second kappa shape index (κ2) is 8.55. The molecule has 0 bridgehead atoms. The fourth-order valence-electron chi connectivity index (χ4n) is 2.38. The van der Waals surface area contributed by atoms with Crippen molar-refractivity contribution in [3.05, 3.63) is 52.5 Å². The number of sulfonamides is 1. The van der Waals surface area contributed by atoms with Gasteiger partial charge in [0.2, 0.25) is 0 Å². The first-order chi connectivity index (χ1) is 12.3. The molecule has 2 aromatic rings. The minimum atomic E-state index is -3.97. The van der Waals surface area contributed by atoms with E-state index in [0.29, 0.717) is 17.0 Å². The third-order valence-electron chi connectivity index (χ3n) is 3.65. The number of hydrogen-bond acceptors (Lipinski definition) is 5. The number of carbonyl (C=O) groups excluding carboxylic acids is 1. The third-order valence-corrected chi connectivity index (χ3v) is 5.95. The number of hydrogen-bond donors (Lipinski definition) is 0. The molecule has 0 aliphatic rings. The lowest BCUT2D eigenvalue weighted by Crippen LogP contribution is -2.36. The van der Waals surface area contributed by atoms with E-state index in [9.17, 15) is 13.2 Å². The number of halogens is 1. The lowest BCUT2D eigenvalue weighted by atomic mass is 10.2. The number of esters is 1. The van der Waals surface area contributed by atoms with Gasteiger partial charge in [-0.3, -0.25) is 9.10 Å². The van der Waals surface area contributed by atoms with E-state index in [0.717, 1.165) is 8.78 Å². The Labute approximate surface area is 161 Å². The summed E-state index contributed by atoms with van der Waals surface area (Å²) < 4.78 is 38.3. The molecule has 6 nitrogen and oxygen atoms in total. The van der Waals surface area contributed by atoms with Crippen molar-refractivity contribution >= 4 is 37.6 Å². The Morgan fingerprint density at radius 1 is 1.15 bits per heavy atom. The first-order valence-electron chi connectivity index (χ1n) is 7.88. The molecule has 0 fully saturated rings. The van der Waals surface area contributed by atoms with Crippen LogP contribution in [0.5, 0.6) is 5.75 Å². The van der Waals surface area contributed by atoms with E-state index < -0.39 is 22.5 Å². The van der Waals surface area contributed by atoms with Crippen LogP contribution in [-0.4, -0.2) is 34.6 Å². The van der Waals surface area contributed by atoms with Crippen LogP contribution in [0.15, 0.2) is 51.8 Å². The fraction of sp³-hybridized carbons (Fsp3) is 0.278. The minimum Gasteiger partial charge on any atom is -0.496 e. The van der Waals surface area contributed by atoms with Crippen molar-refractivity contribution in [1.82, 2.24) is 0 Å². The molecular formula is C18H20BrNO5S. The number of ether oxygens (including phenoxy) is 2. The molecule has 0 amide bonds. The maximum Gasteiger partial charge on any atom is 0.326 e. The molecule has 0 spiro atoms. The van der Waals surface area contributed by atoms with Crippen molar-refractivity contribution < 1.29 is 22.7 Å². The maximum atomic E-state index is 13.2. The monoisotopic (exact) mass is 441 g/mol. The van der Waals surface area contributed by atoms with Gasteiger partial charge in [0, 0.05) is 4.47 Å². The molecule has 0 saturated heterocycles. The van der Waals surface area contributed by atoms with Gasteiger partial charge in [0.25, 0.3) is 10.0 Å². The summed E-state index contributed by atoms with van der Waals surface area (Å²) in [7, 11) is -2.45. The Bertz CT molecular complexity index is 881. The Hall–Kier alpha value is -2.06. The molecule has 8 heteroatoms. The number of benzene rings is 2. The molecule has 0 aromatic heterocycles. The van der Waals surface area contributed by atoms with Gasteiger partial charge in [0.05, 0.1) is 24.3 Å². The van der Waals surface area contributed by atoms with Crippen LogP contribution >= 0.6 is 15.9 Å². The van der Waals surface area contributed by atoms with Crippen molar-refractivity contribution in [3.63, 3.8) is 0 Å². The van der Waals surface area contributed by atoms with Gasteiger partial charge in [-0.25, -0.2) is 8.42 Å². The van der Waals surface area contributed by atoms with Gasteiger partial charge in [-0.15, -0.1) is 0 Å². The molecule has 140 valence electrons. The molecule has 0 heterocycles. The highest BCUT2D eigenvalue weighted by atomic mass is 79.9. The number of nitrogens with zero attached hydrogens (tertiary/aromatic N) is 1. The molecule has 0 radical (unpaired) electrons. The van der Waals surface area contributed by atoms with E-state index in [2.05, 4.69) is 15.9 Å². The van der Waals surface area contributed by atoms with Gasteiger partial charge in [-0.05, 0) is 61.9 Å². The van der Waals surface area contributed by atoms with Crippen molar-refractivity contribution in [3.8, 4) is 5.75 Å². The van der Waals surface area contributed by atoms with Gasteiger partial charge >= 0.3 is 5.97 Å². The van der Waals surface area contributed by atoms with E-state index in [-0.39, 0.29) is 11.5 Å². The van der Waals surface area contributed by atoms with Crippen LogP contribution in [-0.2, 0) is 19.6 Å². The Balaban J connectivity index is 2.49. The Kier molecular flexibility index (Phi) is 6.66. The lowest BCUT2D eigenvalue weighted by Gasteiger charge is -2.24. The standard InChI is InChI=1S/C18H20BrNO5S/c1-4-25-18(21)12-20(15-7-5-14(19)6-8-15)26(22,23)16-9-10-17(24-3)13(2)11-16/h5-11H,4,12H2,1-3H3. The first kappa shape index (κ1) is 20.3.